The van der Waals surface area contributed by atoms with Gasteiger partial charge in [0.2, 0.25) is 0 Å². The second kappa shape index (κ2) is 12.0. The number of nitrogens with zero attached hydrogens (tertiary/aromatic N) is 1. The standard InChI is InChI=1S/C56H51NOS/c1-53(2,3)32-29-39-36-27-28-38-48-41(56(9,10)50(38)52(36)59-51(39)43(30-32)54(4,5)6)20-15-21-44(48)57(45-22-16-24-47-49(45)37-18-12-14-23-46(37)58-47)33-25-26-35-34-17-11-13-19-40(34)55(7,8)42(35)31-33/h11-31H,1-10H3. The lowest BCUT2D eigenvalue weighted by molar-refractivity contribution is 0.573. The maximum absolute atomic E-state index is 6.56. The summed E-state index contributed by atoms with van der Waals surface area (Å²) in [6.45, 7) is 23.8. The zero-order valence-electron chi connectivity index (χ0n) is 35.9. The molecule has 2 aliphatic carbocycles. The zero-order valence-corrected chi connectivity index (χ0v) is 36.7. The van der Waals surface area contributed by atoms with Crippen molar-refractivity contribution in [3.05, 3.63) is 161 Å². The Bertz CT molecular complexity index is 3240. The van der Waals surface area contributed by atoms with Crippen LogP contribution in [-0.4, -0.2) is 0 Å². The number of rotatable bonds is 3. The summed E-state index contributed by atoms with van der Waals surface area (Å²) >= 11 is 2.01. The van der Waals surface area contributed by atoms with Crippen LogP contribution in [0.5, 0.6) is 0 Å². The van der Waals surface area contributed by atoms with Crippen molar-refractivity contribution in [2.24, 2.45) is 0 Å². The van der Waals surface area contributed by atoms with Crippen LogP contribution in [0, 0.1) is 0 Å². The fourth-order valence-electron chi connectivity index (χ4n) is 10.6. The molecule has 2 aromatic heterocycles. The Hall–Kier alpha value is -5.64. The predicted molar refractivity (Wildman–Crippen MR) is 254 cm³/mol. The zero-order chi connectivity index (χ0) is 41.0. The largest absolute Gasteiger partial charge is 0.456 e. The second-order valence-electron chi connectivity index (χ2n) is 20.2. The number of anilines is 3. The summed E-state index contributed by atoms with van der Waals surface area (Å²) in [6.07, 6.45) is 0. The molecule has 3 heteroatoms. The maximum atomic E-state index is 6.56. The van der Waals surface area contributed by atoms with Gasteiger partial charge in [0.1, 0.15) is 11.2 Å². The van der Waals surface area contributed by atoms with Crippen LogP contribution in [-0.2, 0) is 21.7 Å². The molecule has 2 heterocycles. The summed E-state index contributed by atoms with van der Waals surface area (Å²) in [6, 6.07) is 48.0. The van der Waals surface area contributed by atoms with Gasteiger partial charge in [0.25, 0.3) is 0 Å². The highest BCUT2D eigenvalue weighted by Crippen LogP contribution is 2.59. The number of hydrogen-bond donors (Lipinski definition) is 0. The Morgan fingerprint density at radius 3 is 1.98 bits per heavy atom. The highest BCUT2D eigenvalue weighted by atomic mass is 32.1. The molecule has 292 valence electrons. The Morgan fingerprint density at radius 1 is 0.508 bits per heavy atom. The molecule has 0 amide bonds. The first-order chi connectivity index (χ1) is 28.0. The van der Waals surface area contributed by atoms with Gasteiger partial charge in [0, 0.05) is 47.6 Å². The number of para-hydroxylation sites is 1. The second-order valence-corrected chi connectivity index (χ2v) is 21.2. The van der Waals surface area contributed by atoms with E-state index < -0.39 is 0 Å². The fourth-order valence-corrected chi connectivity index (χ4v) is 12.3. The van der Waals surface area contributed by atoms with Gasteiger partial charge in [0.05, 0.1) is 16.8 Å². The molecule has 0 N–H and O–H groups in total. The van der Waals surface area contributed by atoms with Gasteiger partial charge in [0.15, 0.2) is 0 Å². The highest BCUT2D eigenvalue weighted by molar-refractivity contribution is 7.26. The van der Waals surface area contributed by atoms with Crippen LogP contribution in [0.25, 0.3) is 64.4 Å². The van der Waals surface area contributed by atoms with Gasteiger partial charge in [-0.25, -0.2) is 0 Å². The lowest BCUT2D eigenvalue weighted by Crippen LogP contribution is -2.17. The third-order valence-electron chi connectivity index (χ3n) is 13.7. The maximum Gasteiger partial charge on any atom is 0.137 e. The summed E-state index contributed by atoms with van der Waals surface area (Å²) in [5.41, 5.74) is 18.6. The molecule has 7 aromatic carbocycles. The van der Waals surface area contributed by atoms with E-state index in [1.165, 1.54) is 81.5 Å². The van der Waals surface area contributed by atoms with E-state index >= 15 is 0 Å². The molecular weight excluding hydrogens is 735 g/mol. The van der Waals surface area contributed by atoms with Crippen molar-refractivity contribution < 1.29 is 4.42 Å². The number of furan rings is 1. The summed E-state index contributed by atoms with van der Waals surface area (Å²) in [5, 5.41) is 5.01. The van der Waals surface area contributed by atoms with Crippen molar-refractivity contribution in [1.29, 1.82) is 0 Å². The van der Waals surface area contributed by atoms with Crippen molar-refractivity contribution in [2.75, 3.05) is 4.90 Å². The minimum absolute atomic E-state index is 0.0137. The molecule has 0 saturated carbocycles. The van der Waals surface area contributed by atoms with Gasteiger partial charge in [-0.3, -0.25) is 0 Å². The van der Waals surface area contributed by atoms with E-state index in [9.17, 15) is 0 Å². The van der Waals surface area contributed by atoms with Crippen LogP contribution < -0.4 is 4.90 Å². The predicted octanol–water partition coefficient (Wildman–Crippen LogP) is 16.6. The molecule has 0 bridgehead atoms. The molecule has 0 fully saturated rings. The van der Waals surface area contributed by atoms with Crippen LogP contribution in [0.3, 0.4) is 0 Å². The number of hydrogen-bond acceptors (Lipinski definition) is 3. The van der Waals surface area contributed by atoms with E-state index in [1.54, 1.807) is 0 Å². The number of benzene rings is 7. The molecule has 2 aliphatic rings. The van der Waals surface area contributed by atoms with Crippen LogP contribution in [0.15, 0.2) is 132 Å². The lowest BCUT2D eigenvalue weighted by atomic mass is 9.79. The van der Waals surface area contributed by atoms with Gasteiger partial charge < -0.3 is 9.32 Å². The van der Waals surface area contributed by atoms with E-state index in [0.717, 1.165) is 33.3 Å². The van der Waals surface area contributed by atoms with E-state index in [2.05, 4.69) is 202 Å². The van der Waals surface area contributed by atoms with Gasteiger partial charge in [-0.05, 0) is 103 Å². The van der Waals surface area contributed by atoms with Crippen LogP contribution in [0.1, 0.15) is 103 Å². The Balaban J connectivity index is 1.21. The van der Waals surface area contributed by atoms with Crippen molar-refractivity contribution in [1.82, 2.24) is 0 Å². The summed E-state index contributed by atoms with van der Waals surface area (Å²) in [7, 11) is 0. The van der Waals surface area contributed by atoms with Crippen molar-refractivity contribution >= 4 is 70.5 Å². The number of fused-ring (bicyclic) bond motifs is 13. The molecule has 2 nitrogen and oxygen atoms in total. The summed E-state index contributed by atoms with van der Waals surface area (Å²) < 4.78 is 9.39. The Labute approximate surface area is 352 Å². The first-order valence-corrected chi connectivity index (χ1v) is 22.0. The average molecular weight is 786 g/mol. The summed E-state index contributed by atoms with van der Waals surface area (Å²) in [5.74, 6) is 0. The number of thiophene rings is 1. The molecule has 9 aromatic rings. The third-order valence-corrected chi connectivity index (χ3v) is 15.0. The fraction of sp³-hybridized carbons (Fsp3) is 0.250. The minimum atomic E-state index is -0.225. The first-order valence-electron chi connectivity index (χ1n) is 21.2. The quantitative estimate of drug-likeness (QED) is 0.177. The van der Waals surface area contributed by atoms with Gasteiger partial charge >= 0.3 is 0 Å². The molecular formula is C56H51NOS. The molecule has 0 spiro atoms. The summed E-state index contributed by atoms with van der Waals surface area (Å²) in [4.78, 5) is 2.54. The van der Waals surface area contributed by atoms with E-state index in [-0.39, 0.29) is 21.7 Å². The van der Waals surface area contributed by atoms with Crippen molar-refractivity contribution in [3.63, 3.8) is 0 Å². The van der Waals surface area contributed by atoms with Crippen LogP contribution >= 0.6 is 11.3 Å². The molecule has 0 atom stereocenters. The molecule has 0 saturated heterocycles. The SMILES string of the molecule is CC(C)(C)c1cc(C(C)(C)C)c2sc3c4c(ccc3c2c1)-c1c(N(c2ccc3c(c2)C(C)(C)c2ccccc2-3)c2cccc3oc5ccccc5c23)cccc1C4(C)C. The van der Waals surface area contributed by atoms with Crippen LogP contribution in [0.4, 0.5) is 17.1 Å². The smallest absolute Gasteiger partial charge is 0.137 e. The van der Waals surface area contributed by atoms with Gasteiger partial charge in [-0.2, -0.15) is 0 Å². The average Bonchev–Trinajstić information content (AvgIpc) is 3.90. The first kappa shape index (κ1) is 36.4. The van der Waals surface area contributed by atoms with Gasteiger partial charge in [-0.15, -0.1) is 11.3 Å². The van der Waals surface area contributed by atoms with Crippen LogP contribution in [0.2, 0.25) is 0 Å². The lowest BCUT2D eigenvalue weighted by Gasteiger charge is -2.31. The normalized spacial score (nSPS) is 15.2. The molecule has 0 unspecified atom stereocenters. The Kier molecular flexibility index (Phi) is 7.40. The molecule has 0 radical (unpaired) electrons. The minimum Gasteiger partial charge on any atom is -0.456 e. The van der Waals surface area contributed by atoms with E-state index in [0.29, 0.717) is 0 Å². The van der Waals surface area contributed by atoms with E-state index in [4.69, 9.17) is 4.42 Å². The van der Waals surface area contributed by atoms with Crippen molar-refractivity contribution in [2.45, 2.75) is 90.9 Å². The third kappa shape index (κ3) is 5.04. The monoisotopic (exact) mass is 785 g/mol. The topological polar surface area (TPSA) is 16.4 Å². The van der Waals surface area contributed by atoms with Crippen molar-refractivity contribution in [3.8, 4) is 22.3 Å². The van der Waals surface area contributed by atoms with Gasteiger partial charge in [-0.1, -0.05) is 154 Å². The molecule has 11 rings (SSSR count). The highest BCUT2D eigenvalue weighted by Gasteiger charge is 2.41. The van der Waals surface area contributed by atoms with E-state index in [1.807, 2.05) is 11.3 Å². The molecule has 0 aliphatic heterocycles. The Morgan fingerprint density at radius 2 is 1.19 bits per heavy atom. The molecule has 59 heavy (non-hydrogen) atoms.